The van der Waals surface area contributed by atoms with Gasteiger partial charge in [-0.25, -0.2) is 9.78 Å². The van der Waals surface area contributed by atoms with Gasteiger partial charge in [0, 0.05) is 18.8 Å². The topological polar surface area (TPSA) is 86.5 Å². The maximum atomic E-state index is 10.5. The third-order valence-corrected chi connectivity index (χ3v) is 3.62. The Bertz CT molecular complexity index is 572. The van der Waals surface area contributed by atoms with Crippen molar-refractivity contribution in [1.29, 1.82) is 5.26 Å². The molecule has 2 rings (SSSR count). The van der Waals surface area contributed by atoms with E-state index in [1.807, 2.05) is 19.9 Å². The lowest BCUT2D eigenvalue weighted by atomic mass is 10.1. The molecule has 1 aliphatic heterocycles. The molecule has 1 fully saturated rings. The number of nitrogens with zero attached hydrogens (tertiary/aromatic N) is 3. The second-order valence-electron chi connectivity index (χ2n) is 5.28. The molecule has 0 bridgehead atoms. The zero-order valence-electron chi connectivity index (χ0n) is 12.3. The van der Waals surface area contributed by atoms with Crippen LogP contribution in [0.4, 0.5) is 5.82 Å². The van der Waals surface area contributed by atoms with Gasteiger partial charge in [0.2, 0.25) is 0 Å². The number of anilines is 1. The minimum atomic E-state index is -0.944. The molecule has 0 unspecified atom stereocenters. The number of carbonyl (C=O) groups is 1. The van der Waals surface area contributed by atoms with Gasteiger partial charge < -0.3 is 14.7 Å². The van der Waals surface area contributed by atoms with Gasteiger partial charge in [-0.3, -0.25) is 0 Å². The van der Waals surface area contributed by atoms with Crippen LogP contribution in [0, 0.1) is 25.2 Å². The molecule has 1 aromatic heterocycles. The summed E-state index contributed by atoms with van der Waals surface area (Å²) in [4.78, 5) is 17.1. The third-order valence-electron chi connectivity index (χ3n) is 3.62. The largest absolute Gasteiger partial charge is 0.480 e. The molecule has 1 aromatic rings. The van der Waals surface area contributed by atoms with Crippen molar-refractivity contribution in [2.24, 2.45) is 0 Å². The fourth-order valence-corrected chi connectivity index (χ4v) is 2.61. The average Bonchev–Trinajstić information content (AvgIpc) is 2.45. The molecular formula is C15H19N3O3. The standard InChI is InChI=1S/C15H19N3O3/c1-10-7-11(2)17-15(13(10)8-16)18-5-3-12(4-6-18)21-9-14(19)20/h7,12H,3-6,9H2,1-2H3,(H,19,20). The first kappa shape index (κ1) is 15.3. The van der Waals surface area contributed by atoms with Crippen molar-refractivity contribution < 1.29 is 14.6 Å². The number of nitriles is 1. The highest BCUT2D eigenvalue weighted by molar-refractivity contribution is 5.68. The molecule has 0 amide bonds. The fourth-order valence-electron chi connectivity index (χ4n) is 2.61. The number of piperidine rings is 1. The van der Waals surface area contributed by atoms with Crippen molar-refractivity contribution in [1.82, 2.24) is 4.98 Å². The minimum absolute atomic E-state index is 0.0335. The Morgan fingerprint density at radius 1 is 1.52 bits per heavy atom. The van der Waals surface area contributed by atoms with Crippen LogP contribution in [-0.4, -0.2) is 41.9 Å². The summed E-state index contributed by atoms with van der Waals surface area (Å²) in [6.45, 7) is 5.01. The van der Waals surface area contributed by atoms with Gasteiger partial charge in [-0.15, -0.1) is 0 Å². The lowest BCUT2D eigenvalue weighted by Crippen LogP contribution is -2.38. The summed E-state index contributed by atoms with van der Waals surface area (Å²) in [7, 11) is 0. The van der Waals surface area contributed by atoms with Crippen molar-refractivity contribution >= 4 is 11.8 Å². The van der Waals surface area contributed by atoms with Gasteiger partial charge in [-0.1, -0.05) is 0 Å². The maximum absolute atomic E-state index is 10.5. The number of carboxylic acids is 1. The number of pyridine rings is 1. The summed E-state index contributed by atoms with van der Waals surface area (Å²) in [5, 5.41) is 17.9. The summed E-state index contributed by atoms with van der Waals surface area (Å²) >= 11 is 0. The predicted octanol–water partition coefficient (Wildman–Crippen LogP) is 1.64. The van der Waals surface area contributed by atoms with E-state index in [9.17, 15) is 10.1 Å². The molecular weight excluding hydrogens is 270 g/mol. The Labute approximate surface area is 124 Å². The van der Waals surface area contributed by atoms with Crippen LogP contribution >= 0.6 is 0 Å². The fraction of sp³-hybridized carbons (Fsp3) is 0.533. The van der Waals surface area contributed by atoms with E-state index in [4.69, 9.17) is 9.84 Å². The first-order valence-electron chi connectivity index (χ1n) is 6.98. The first-order valence-corrected chi connectivity index (χ1v) is 6.98. The van der Waals surface area contributed by atoms with E-state index in [2.05, 4.69) is 16.0 Å². The van der Waals surface area contributed by atoms with E-state index in [0.717, 1.165) is 43.0 Å². The lowest BCUT2D eigenvalue weighted by Gasteiger charge is -2.33. The maximum Gasteiger partial charge on any atom is 0.329 e. The molecule has 0 radical (unpaired) electrons. The normalized spacial score (nSPS) is 15.8. The van der Waals surface area contributed by atoms with Crippen molar-refractivity contribution in [2.75, 3.05) is 24.6 Å². The predicted molar refractivity (Wildman–Crippen MR) is 77.2 cm³/mol. The van der Waals surface area contributed by atoms with Crippen molar-refractivity contribution in [2.45, 2.75) is 32.8 Å². The second-order valence-corrected chi connectivity index (χ2v) is 5.28. The van der Waals surface area contributed by atoms with E-state index < -0.39 is 5.97 Å². The molecule has 0 aromatic carbocycles. The van der Waals surface area contributed by atoms with Crippen LogP contribution in [0.3, 0.4) is 0 Å². The number of carboxylic acid groups (broad SMARTS) is 1. The molecule has 1 aliphatic rings. The average molecular weight is 289 g/mol. The Morgan fingerprint density at radius 2 is 2.19 bits per heavy atom. The molecule has 0 aliphatic carbocycles. The van der Waals surface area contributed by atoms with Crippen molar-refractivity contribution in [3.05, 3.63) is 22.9 Å². The van der Waals surface area contributed by atoms with E-state index >= 15 is 0 Å². The highest BCUT2D eigenvalue weighted by atomic mass is 16.5. The number of hydrogen-bond acceptors (Lipinski definition) is 5. The van der Waals surface area contributed by atoms with Gasteiger partial charge in [-0.2, -0.15) is 5.26 Å². The minimum Gasteiger partial charge on any atom is -0.480 e. The highest BCUT2D eigenvalue weighted by Crippen LogP contribution is 2.25. The van der Waals surface area contributed by atoms with Crippen LogP contribution in [0.2, 0.25) is 0 Å². The number of aryl methyl sites for hydroxylation is 2. The number of aliphatic carboxylic acids is 1. The molecule has 0 saturated carbocycles. The van der Waals surface area contributed by atoms with Gasteiger partial charge in [-0.05, 0) is 38.3 Å². The smallest absolute Gasteiger partial charge is 0.329 e. The van der Waals surface area contributed by atoms with Crippen LogP contribution in [0.5, 0.6) is 0 Å². The molecule has 21 heavy (non-hydrogen) atoms. The SMILES string of the molecule is Cc1cc(C)c(C#N)c(N2CCC(OCC(=O)O)CC2)n1. The highest BCUT2D eigenvalue weighted by Gasteiger charge is 2.23. The summed E-state index contributed by atoms with van der Waals surface area (Å²) in [5.74, 6) is -0.216. The van der Waals surface area contributed by atoms with Crippen LogP contribution in [-0.2, 0) is 9.53 Å². The molecule has 6 nitrogen and oxygen atoms in total. The summed E-state index contributed by atoms with van der Waals surface area (Å²) in [6, 6.07) is 4.13. The number of hydrogen-bond donors (Lipinski definition) is 1. The van der Waals surface area contributed by atoms with Crippen LogP contribution in [0.25, 0.3) is 0 Å². The quantitative estimate of drug-likeness (QED) is 0.906. The van der Waals surface area contributed by atoms with Gasteiger partial charge in [0.05, 0.1) is 11.7 Å². The van der Waals surface area contributed by atoms with Gasteiger partial charge in [0.25, 0.3) is 0 Å². The zero-order valence-corrected chi connectivity index (χ0v) is 12.3. The van der Waals surface area contributed by atoms with Gasteiger partial charge >= 0.3 is 5.97 Å². The van der Waals surface area contributed by atoms with Crippen LogP contribution in [0.1, 0.15) is 29.7 Å². The zero-order chi connectivity index (χ0) is 15.4. The Hall–Kier alpha value is -2.13. The van der Waals surface area contributed by atoms with Crippen molar-refractivity contribution in [3.8, 4) is 6.07 Å². The summed E-state index contributed by atoms with van der Waals surface area (Å²) in [5.41, 5.74) is 2.44. The first-order chi connectivity index (χ1) is 10.0. The third kappa shape index (κ3) is 3.70. The van der Waals surface area contributed by atoms with Gasteiger partial charge in [0.1, 0.15) is 18.5 Å². The molecule has 0 spiro atoms. The molecule has 1 saturated heterocycles. The lowest BCUT2D eigenvalue weighted by molar-refractivity contribution is -0.144. The molecule has 1 N–H and O–H groups in total. The molecule has 6 heteroatoms. The van der Waals surface area contributed by atoms with E-state index in [0.29, 0.717) is 5.56 Å². The van der Waals surface area contributed by atoms with E-state index in [1.165, 1.54) is 0 Å². The summed E-state index contributed by atoms with van der Waals surface area (Å²) in [6.07, 6.45) is 1.45. The van der Waals surface area contributed by atoms with E-state index in [-0.39, 0.29) is 12.7 Å². The Balaban J connectivity index is 2.06. The summed E-state index contributed by atoms with van der Waals surface area (Å²) < 4.78 is 5.32. The van der Waals surface area contributed by atoms with Crippen molar-refractivity contribution in [3.63, 3.8) is 0 Å². The monoisotopic (exact) mass is 289 g/mol. The van der Waals surface area contributed by atoms with Crippen LogP contribution in [0.15, 0.2) is 6.07 Å². The number of aromatic nitrogens is 1. The van der Waals surface area contributed by atoms with E-state index in [1.54, 1.807) is 0 Å². The Kier molecular flexibility index (Phi) is 4.76. The molecule has 2 heterocycles. The number of rotatable bonds is 4. The number of ether oxygens (including phenoxy) is 1. The Morgan fingerprint density at radius 3 is 2.76 bits per heavy atom. The van der Waals surface area contributed by atoms with Crippen LogP contribution < -0.4 is 4.90 Å². The molecule has 0 atom stereocenters. The van der Waals surface area contributed by atoms with Gasteiger partial charge in [0.15, 0.2) is 0 Å². The molecule has 112 valence electrons. The second kappa shape index (κ2) is 6.55.